The van der Waals surface area contributed by atoms with E-state index in [0.29, 0.717) is 11.4 Å². The van der Waals surface area contributed by atoms with Crippen LogP contribution < -0.4 is 20.5 Å². The molecule has 20 heavy (non-hydrogen) atoms. The number of carbonyl (C=O) groups excluding carboxylic acids is 1. The molecule has 8 heteroatoms. The molecule has 0 fully saturated rings. The van der Waals surface area contributed by atoms with Crippen LogP contribution in [-0.4, -0.2) is 25.7 Å². The molecule has 0 unspecified atom stereocenters. The fraction of sp³-hybridized carbons (Fsp3) is 0.417. The zero-order valence-corrected chi connectivity index (χ0v) is 12.3. The van der Waals surface area contributed by atoms with Gasteiger partial charge in [-0.15, -0.1) is 0 Å². The van der Waals surface area contributed by atoms with E-state index in [1.165, 1.54) is 12.1 Å². The van der Waals surface area contributed by atoms with Crippen molar-refractivity contribution in [2.45, 2.75) is 25.5 Å². The van der Waals surface area contributed by atoms with Crippen molar-refractivity contribution in [2.24, 2.45) is 0 Å². The van der Waals surface area contributed by atoms with E-state index < -0.39 is 14.8 Å². The molecule has 1 aliphatic heterocycles. The molecule has 0 aromatic heterocycles. The Labute approximate surface area is 117 Å². The number of hydrogen-bond donors (Lipinski definition) is 3. The maximum absolute atomic E-state index is 12.1. The summed E-state index contributed by atoms with van der Waals surface area (Å²) in [4.78, 5) is 11.3. The Morgan fingerprint density at radius 1 is 1.35 bits per heavy atom. The van der Waals surface area contributed by atoms with Crippen LogP contribution in [0.2, 0.25) is 0 Å². The third-order valence-corrected chi connectivity index (χ3v) is 4.94. The number of rotatable bonds is 2. The molecule has 0 spiro atoms. The molecule has 0 atom stereocenters. The molecule has 110 valence electrons. The molecule has 0 radical (unpaired) electrons. The number of sulfonamides is 1. The average molecular weight is 299 g/mol. The molecule has 1 aromatic carbocycles. The smallest absolute Gasteiger partial charge is 0.262 e. The van der Waals surface area contributed by atoms with Crippen LogP contribution in [0.25, 0.3) is 0 Å². The molecular weight excluding hydrogens is 282 g/mol. The van der Waals surface area contributed by atoms with Crippen LogP contribution in [0.1, 0.15) is 20.8 Å². The van der Waals surface area contributed by atoms with Gasteiger partial charge in [0.05, 0.1) is 21.8 Å². The highest BCUT2D eigenvalue weighted by Gasteiger charge is 2.30. The molecule has 0 saturated heterocycles. The summed E-state index contributed by atoms with van der Waals surface area (Å²) in [6.07, 6.45) is 0. The number of nitrogens with two attached hydrogens (primary N) is 1. The molecule has 1 aromatic rings. The topological polar surface area (TPSA) is 111 Å². The molecule has 2 rings (SSSR count). The number of nitrogen functional groups attached to an aromatic ring is 1. The van der Waals surface area contributed by atoms with Gasteiger partial charge in [-0.1, -0.05) is 0 Å². The summed E-state index contributed by atoms with van der Waals surface area (Å²) in [6.45, 7) is 4.65. The summed E-state index contributed by atoms with van der Waals surface area (Å²) in [5.74, 6) is 0.118. The number of amides is 1. The van der Waals surface area contributed by atoms with Crippen LogP contribution in [0.3, 0.4) is 0 Å². The van der Waals surface area contributed by atoms with Crippen LogP contribution in [0.4, 0.5) is 17.1 Å². The van der Waals surface area contributed by atoms with Crippen LogP contribution in [0.5, 0.6) is 5.75 Å². The molecule has 1 amide bonds. The summed E-state index contributed by atoms with van der Waals surface area (Å²) < 4.78 is 30.9. The molecule has 4 N–H and O–H groups in total. The molecule has 0 saturated carbocycles. The summed E-state index contributed by atoms with van der Waals surface area (Å²) in [5.41, 5.74) is 6.64. The second-order valence-corrected chi connectivity index (χ2v) is 7.93. The van der Waals surface area contributed by atoms with Crippen molar-refractivity contribution in [1.29, 1.82) is 0 Å². The number of fused-ring (bicyclic) bond motifs is 1. The Balaban J connectivity index is 2.39. The van der Waals surface area contributed by atoms with E-state index in [9.17, 15) is 13.2 Å². The van der Waals surface area contributed by atoms with Gasteiger partial charge < -0.3 is 15.8 Å². The molecular formula is C12H17N3O4S. The summed E-state index contributed by atoms with van der Waals surface area (Å²) in [6, 6.07) is 2.93. The van der Waals surface area contributed by atoms with Crippen molar-refractivity contribution < 1.29 is 17.9 Å². The van der Waals surface area contributed by atoms with Crippen molar-refractivity contribution >= 4 is 33.0 Å². The number of benzene rings is 1. The largest absolute Gasteiger partial charge is 0.482 e. The monoisotopic (exact) mass is 299 g/mol. The van der Waals surface area contributed by atoms with E-state index in [1.807, 2.05) is 0 Å². The lowest BCUT2D eigenvalue weighted by atomic mass is 10.2. The van der Waals surface area contributed by atoms with Crippen LogP contribution in [0, 0.1) is 0 Å². The predicted octanol–water partition coefficient (Wildman–Crippen LogP) is 1.14. The summed E-state index contributed by atoms with van der Waals surface area (Å²) in [7, 11) is -3.60. The van der Waals surface area contributed by atoms with Gasteiger partial charge in [0.1, 0.15) is 5.75 Å². The number of nitrogens with one attached hydrogen (secondary N) is 2. The minimum atomic E-state index is -3.60. The fourth-order valence-corrected chi connectivity index (χ4v) is 2.30. The van der Waals surface area contributed by atoms with Gasteiger partial charge in [0.15, 0.2) is 6.61 Å². The Morgan fingerprint density at radius 2 is 2.00 bits per heavy atom. The Kier molecular flexibility index (Phi) is 3.29. The van der Waals surface area contributed by atoms with Crippen molar-refractivity contribution in [3.05, 3.63) is 12.1 Å². The normalized spacial score (nSPS) is 15.1. The second-order valence-electron chi connectivity index (χ2n) is 5.49. The van der Waals surface area contributed by atoms with E-state index >= 15 is 0 Å². The van der Waals surface area contributed by atoms with Gasteiger partial charge in [-0.2, -0.15) is 0 Å². The first-order chi connectivity index (χ1) is 9.10. The third kappa shape index (κ3) is 2.64. The van der Waals surface area contributed by atoms with E-state index in [1.54, 1.807) is 20.8 Å². The number of ether oxygens (including phenoxy) is 1. The van der Waals surface area contributed by atoms with E-state index in [0.717, 1.165) is 0 Å². The van der Waals surface area contributed by atoms with Gasteiger partial charge in [-0.25, -0.2) is 8.42 Å². The highest BCUT2D eigenvalue weighted by Crippen LogP contribution is 2.36. The van der Waals surface area contributed by atoms with Crippen molar-refractivity contribution in [3.8, 4) is 5.75 Å². The van der Waals surface area contributed by atoms with Crippen LogP contribution >= 0.6 is 0 Å². The van der Waals surface area contributed by atoms with E-state index in [2.05, 4.69) is 10.0 Å². The molecule has 1 heterocycles. The summed E-state index contributed by atoms with van der Waals surface area (Å²) in [5, 5.41) is 2.60. The maximum Gasteiger partial charge on any atom is 0.262 e. The predicted molar refractivity (Wildman–Crippen MR) is 77.3 cm³/mol. The lowest BCUT2D eigenvalue weighted by Gasteiger charge is -2.23. The molecule has 7 nitrogen and oxygen atoms in total. The lowest BCUT2D eigenvalue weighted by molar-refractivity contribution is -0.118. The Hall–Kier alpha value is -1.96. The number of carbonyl (C=O) groups is 1. The van der Waals surface area contributed by atoms with Crippen molar-refractivity contribution in [3.63, 3.8) is 0 Å². The van der Waals surface area contributed by atoms with Gasteiger partial charge in [-0.05, 0) is 26.8 Å². The molecule has 0 bridgehead atoms. The number of hydrogen-bond acceptors (Lipinski definition) is 5. The first-order valence-electron chi connectivity index (χ1n) is 5.99. The van der Waals surface area contributed by atoms with Crippen LogP contribution in [-0.2, 0) is 14.8 Å². The minimum absolute atomic E-state index is 0.0838. The fourth-order valence-electron chi connectivity index (χ4n) is 1.53. The first kappa shape index (κ1) is 14.4. The molecule has 1 aliphatic rings. The second kappa shape index (κ2) is 4.55. The van der Waals surface area contributed by atoms with Gasteiger partial charge in [0.2, 0.25) is 10.0 Å². The quantitative estimate of drug-likeness (QED) is 0.709. The van der Waals surface area contributed by atoms with Gasteiger partial charge in [0.25, 0.3) is 5.91 Å². The number of anilines is 3. The average Bonchev–Trinajstić information content (AvgIpc) is 2.29. The Bertz CT molecular complexity index is 662. The van der Waals surface area contributed by atoms with Crippen molar-refractivity contribution in [2.75, 3.05) is 22.4 Å². The maximum atomic E-state index is 12.1. The minimum Gasteiger partial charge on any atom is -0.482 e. The Morgan fingerprint density at radius 3 is 2.60 bits per heavy atom. The van der Waals surface area contributed by atoms with E-state index in [-0.39, 0.29) is 23.9 Å². The zero-order valence-electron chi connectivity index (χ0n) is 11.5. The van der Waals surface area contributed by atoms with E-state index in [4.69, 9.17) is 10.5 Å². The lowest BCUT2D eigenvalue weighted by Crippen LogP contribution is -2.34. The highest BCUT2D eigenvalue weighted by atomic mass is 32.2. The zero-order chi connectivity index (χ0) is 15.1. The van der Waals surface area contributed by atoms with Gasteiger partial charge in [-0.3, -0.25) is 9.52 Å². The third-order valence-electron chi connectivity index (χ3n) is 2.84. The first-order valence-corrected chi connectivity index (χ1v) is 7.47. The molecule has 0 aliphatic carbocycles. The van der Waals surface area contributed by atoms with Gasteiger partial charge in [0, 0.05) is 6.07 Å². The van der Waals surface area contributed by atoms with Crippen LogP contribution in [0.15, 0.2) is 12.1 Å². The summed E-state index contributed by atoms with van der Waals surface area (Å²) >= 11 is 0. The van der Waals surface area contributed by atoms with Gasteiger partial charge >= 0.3 is 0 Å². The SMILES string of the molecule is CC(C)(C)S(=O)(=O)Nc1cc2c(cc1N)OCC(=O)N2. The van der Waals surface area contributed by atoms with Crippen molar-refractivity contribution in [1.82, 2.24) is 0 Å². The standard InChI is InChI=1S/C12H17N3O4S/c1-12(2,3)20(17,18)15-8-5-9-10(4-7(8)13)19-6-11(16)14-9/h4-5,15H,6,13H2,1-3H3,(H,14,16). The highest BCUT2D eigenvalue weighted by molar-refractivity contribution is 7.94.